The molecule has 2 aliphatic carbocycles. The topological polar surface area (TPSA) is 6.48 Å². The lowest BCUT2D eigenvalue weighted by Crippen LogP contribution is -2.36. The summed E-state index contributed by atoms with van der Waals surface area (Å²) < 4.78 is 0. The van der Waals surface area contributed by atoms with Crippen LogP contribution in [0, 0.1) is 11.8 Å². The van der Waals surface area contributed by atoms with Crippen molar-refractivity contribution in [3.63, 3.8) is 0 Å². The summed E-state index contributed by atoms with van der Waals surface area (Å²) in [6, 6.07) is 61.0. The second kappa shape index (κ2) is 15.9. The van der Waals surface area contributed by atoms with E-state index in [9.17, 15) is 0 Å². The Labute approximate surface area is 318 Å². The normalized spacial score (nSPS) is 19.2. The molecule has 2 fully saturated rings. The molecule has 0 saturated heterocycles. The number of hydrogen-bond donors (Lipinski definition) is 0. The quantitative estimate of drug-likeness (QED) is 0.141. The zero-order valence-electron chi connectivity index (χ0n) is 31.6. The van der Waals surface area contributed by atoms with Crippen LogP contribution in [0.3, 0.4) is 0 Å². The third-order valence-electron chi connectivity index (χ3n) is 12.4. The van der Waals surface area contributed by atoms with Crippen LogP contribution in [0.15, 0.2) is 164 Å². The second-order valence-electron chi connectivity index (χ2n) is 15.9. The van der Waals surface area contributed by atoms with Crippen molar-refractivity contribution in [1.29, 1.82) is 0 Å². The molecule has 2 aliphatic rings. The lowest BCUT2D eigenvalue weighted by atomic mass is 9.60. The van der Waals surface area contributed by atoms with Crippen LogP contribution in [0.4, 0.5) is 34.1 Å². The molecule has 0 heterocycles. The molecule has 0 aliphatic heterocycles. The number of anilines is 6. The lowest BCUT2D eigenvalue weighted by molar-refractivity contribution is 0.207. The molecular formula is C51H54N2. The van der Waals surface area contributed by atoms with E-state index in [4.69, 9.17) is 0 Å². The van der Waals surface area contributed by atoms with Crippen LogP contribution < -0.4 is 9.80 Å². The van der Waals surface area contributed by atoms with Crippen molar-refractivity contribution < 1.29 is 0 Å². The van der Waals surface area contributed by atoms with Crippen molar-refractivity contribution in [3.8, 4) is 0 Å². The lowest BCUT2D eigenvalue weighted by Gasteiger charge is -2.44. The van der Waals surface area contributed by atoms with E-state index in [0.29, 0.717) is 17.8 Å². The molecule has 0 N–H and O–H groups in total. The van der Waals surface area contributed by atoms with Crippen LogP contribution in [0.1, 0.15) is 94.2 Å². The average Bonchev–Trinajstić information content (AvgIpc) is 3.23. The first kappa shape index (κ1) is 35.0. The summed E-state index contributed by atoms with van der Waals surface area (Å²) in [6.45, 7) is 4.84. The van der Waals surface area contributed by atoms with Crippen LogP contribution in [-0.4, -0.2) is 0 Å². The highest BCUT2D eigenvalue weighted by molar-refractivity contribution is 5.78. The minimum Gasteiger partial charge on any atom is -0.311 e. The first-order chi connectivity index (χ1) is 26.1. The molecule has 0 amide bonds. The number of benzene rings is 6. The predicted octanol–water partition coefficient (Wildman–Crippen LogP) is 14.8. The first-order valence-electron chi connectivity index (χ1n) is 20.2. The van der Waals surface area contributed by atoms with Gasteiger partial charge in [-0.1, -0.05) is 137 Å². The molecule has 2 heteroatoms. The summed E-state index contributed by atoms with van der Waals surface area (Å²) in [7, 11) is 0. The molecule has 0 bridgehead atoms. The molecule has 2 saturated carbocycles. The Hall–Kier alpha value is -5.08. The fourth-order valence-corrected chi connectivity index (χ4v) is 9.39. The van der Waals surface area contributed by atoms with Crippen molar-refractivity contribution in [3.05, 3.63) is 180 Å². The smallest absolute Gasteiger partial charge is 0.0461 e. The van der Waals surface area contributed by atoms with Crippen molar-refractivity contribution in [1.82, 2.24) is 0 Å². The Bertz CT molecular complexity index is 1970. The van der Waals surface area contributed by atoms with Gasteiger partial charge in [-0.3, -0.25) is 0 Å². The van der Waals surface area contributed by atoms with Crippen LogP contribution in [0.5, 0.6) is 0 Å². The van der Waals surface area contributed by atoms with Crippen molar-refractivity contribution in [2.45, 2.75) is 83.0 Å². The fourth-order valence-electron chi connectivity index (χ4n) is 9.39. The van der Waals surface area contributed by atoms with Crippen LogP contribution >= 0.6 is 0 Å². The molecule has 6 aromatic rings. The molecule has 0 aromatic heterocycles. The predicted molar refractivity (Wildman–Crippen MR) is 226 cm³/mol. The van der Waals surface area contributed by atoms with E-state index in [1.165, 1.54) is 109 Å². The van der Waals surface area contributed by atoms with Crippen molar-refractivity contribution in [2.75, 3.05) is 9.80 Å². The molecule has 8 rings (SSSR count). The third-order valence-corrected chi connectivity index (χ3v) is 12.4. The highest BCUT2D eigenvalue weighted by Gasteiger charge is 2.40. The van der Waals surface area contributed by atoms with Crippen LogP contribution in [-0.2, 0) is 5.41 Å². The SMILES string of the molecule is CC(C)C1CCCC(c2ccc(N(c3ccccc3)c3ccccc3)cc2)(c2ccc(N(c3ccccc3)c3ccc(C4CCCCC4)cc3)cc2)C1. The maximum absolute atomic E-state index is 2.44. The molecule has 268 valence electrons. The maximum Gasteiger partial charge on any atom is 0.0461 e. The summed E-state index contributed by atoms with van der Waals surface area (Å²) in [5.41, 5.74) is 11.5. The molecule has 2 unspecified atom stereocenters. The highest BCUT2D eigenvalue weighted by Crippen LogP contribution is 2.50. The van der Waals surface area contributed by atoms with Gasteiger partial charge in [0, 0.05) is 39.5 Å². The maximum atomic E-state index is 2.44. The summed E-state index contributed by atoms with van der Waals surface area (Å²) in [6.07, 6.45) is 11.7. The van der Waals surface area contributed by atoms with Gasteiger partial charge in [-0.25, -0.2) is 0 Å². The number of hydrogen-bond acceptors (Lipinski definition) is 2. The number of rotatable bonds is 10. The standard InChI is InChI=1S/C51H54N2/c1-39(2)42-18-15-37-51(38-42,43-27-33-49(34-28-43)52(45-19-9-4-10-20-45)46-21-11-5-12-22-46)44-29-35-50(36-30-44)53(47-23-13-6-14-24-47)48-31-25-41(26-32-48)40-16-7-3-8-17-40/h4-6,9-14,19-36,39-40,42H,3,7-8,15-18,37-38H2,1-2H3. The van der Waals surface area contributed by atoms with Crippen LogP contribution in [0.2, 0.25) is 0 Å². The van der Waals surface area contributed by atoms with Gasteiger partial charge in [0.2, 0.25) is 0 Å². The molecule has 53 heavy (non-hydrogen) atoms. The van der Waals surface area contributed by atoms with Gasteiger partial charge >= 0.3 is 0 Å². The second-order valence-corrected chi connectivity index (χ2v) is 15.9. The molecule has 2 atom stereocenters. The van der Waals surface area contributed by atoms with E-state index in [1.54, 1.807) is 0 Å². The molecule has 2 nitrogen and oxygen atoms in total. The highest BCUT2D eigenvalue weighted by atomic mass is 15.1. The zero-order chi connectivity index (χ0) is 36.0. The van der Waals surface area contributed by atoms with E-state index >= 15 is 0 Å². The van der Waals surface area contributed by atoms with Crippen LogP contribution in [0.25, 0.3) is 0 Å². The Balaban J connectivity index is 1.15. The van der Waals surface area contributed by atoms with E-state index in [1.807, 2.05) is 0 Å². The molecular weight excluding hydrogens is 641 g/mol. The summed E-state index contributed by atoms with van der Waals surface area (Å²) in [4.78, 5) is 4.79. The zero-order valence-corrected chi connectivity index (χ0v) is 31.6. The van der Waals surface area contributed by atoms with Gasteiger partial charge in [-0.2, -0.15) is 0 Å². The average molecular weight is 695 g/mol. The molecule has 0 radical (unpaired) electrons. The van der Waals surface area contributed by atoms with Gasteiger partial charge in [0.1, 0.15) is 0 Å². The van der Waals surface area contributed by atoms with E-state index in [2.05, 4.69) is 187 Å². The van der Waals surface area contributed by atoms with E-state index in [0.717, 1.165) is 0 Å². The molecule has 6 aromatic carbocycles. The van der Waals surface area contributed by atoms with Gasteiger partial charge in [0.05, 0.1) is 0 Å². The van der Waals surface area contributed by atoms with Crippen molar-refractivity contribution >= 4 is 34.1 Å². The van der Waals surface area contributed by atoms with E-state index < -0.39 is 0 Å². The Kier molecular flexibility index (Phi) is 10.5. The monoisotopic (exact) mass is 694 g/mol. The largest absolute Gasteiger partial charge is 0.311 e. The van der Waals surface area contributed by atoms with Gasteiger partial charge in [-0.15, -0.1) is 0 Å². The van der Waals surface area contributed by atoms with E-state index in [-0.39, 0.29) is 5.41 Å². The Morgan fingerprint density at radius 1 is 0.434 bits per heavy atom. The van der Waals surface area contributed by atoms with Gasteiger partial charge in [0.15, 0.2) is 0 Å². The first-order valence-corrected chi connectivity index (χ1v) is 20.2. The van der Waals surface area contributed by atoms with Crippen molar-refractivity contribution in [2.24, 2.45) is 11.8 Å². The Morgan fingerprint density at radius 3 is 1.25 bits per heavy atom. The number of para-hydroxylation sites is 3. The van der Waals surface area contributed by atoms with Gasteiger partial charge in [0.25, 0.3) is 0 Å². The van der Waals surface area contributed by atoms with Gasteiger partial charge in [-0.05, 0) is 133 Å². The summed E-state index contributed by atoms with van der Waals surface area (Å²) in [5, 5.41) is 0. The summed E-state index contributed by atoms with van der Waals surface area (Å²) in [5.74, 6) is 2.05. The fraction of sp³-hybridized carbons (Fsp3) is 0.294. The number of nitrogens with zero attached hydrogens (tertiary/aromatic N) is 2. The third kappa shape index (κ3) is 7.42. The minimum atomic E-state index is -0.0339. The molecule has 0 spiro atoms. The Morgan fingerprint density at radius 2 is 0.830 bits per heavy atom. The summed E-state index contributed by atoms with van der Waals surface area (Å²) >= 11 is 0. The van der Waals surface area contributed by atoms with Gasteiger partial charge < -0.3 is 9.80 Å². The minimum absolute atomic E-state index is 0.0339.